The number of furan rings is 1. The van der Waals surface area contributed by atoms with Crippen LogP contribution in [-0.4, -0.2) is 58.9 Å². The van der Waals surface area contributed by atoms with E-state index in [9.17, 15) is 14.4 Å². The summed E-state index contributed by atoms with van der Waals surface area (Å²) >= 11 is 1.47. The van der Waals surface area contributed by atoms with Crippen molar-refractivity contribution >= 4 is 29.1 Å². The molecule has 2 aromatic heterocycles. The summed E-state index contributed by atoms with van der Waals surface area (Å²) in [5.41, 5.74) is 1.61. The molecule has 1 N–H and O–H groups in total. The van der Waals surface area contributed by atoms with E-state index in [-0.39, 0.29) is 24.0 Å². The Hall–Kier alpha value is -2.61. The molecule has 8 heteroatoms. The minimum absolute atomic E-state index is 0.0283. The predicted molar refractivity (Wildman–Crippen MR) is 90.9 cm³/mol. The normalized spacial score (nSPS) is 14.6. The number of carboxylic acid groups (broad SMARTS) is 1. The van der Waals surface area contributed by atoms with Crippen LogP contribution in [-0.2, 0) is 11.2 Å². The number of rotatable bonds is 4. The van der Waals surface area contributed by atoms with Crippen LogP contribution in [0.2, 0.25) is 0 Å². The lowest BCUT2D eigenvalue weighted by atomic mass is 10.1. The van der Waals surface area contributed by atoms with Gasteiger partial charge in [-0.25, -0.2) is 0 Å². The average molecular weight is 362 g/mol. The van der Waals surface area contributed by atoms with Gasteiger partial charge in [0.1, 0.15) is 12.2 Å². The molecule has 0 atom stereocenters. The number of aryl methyl sites for hydroxylation is 1. The monoisotopic (exact) mass is 362 g/mol. The molecule has 0 aromatic carbocycles. The van der Waals surface area contributed by atoms with Crippen molar-refractivity contribution in [3.8, 4) is 0 Å². The van der Waals surface area contributed by atoms with Gasteiger partial charge in [0.2, 0.25) is 0 Å². The van der Waals surface area contributed by atoms with E-state index < -0.39 is 5.97 Å². The summed E-state index contributed by atoms with van der Waals surface area (Å²) in [6, 6.07) is 1.79. The molecule has 0 spiro atoms. The molecule has 3 rings (SSSR count). The summed E-state index contributed by atoms with van der Waals surface area (Å²) in [4.78, 5) is 39.4. The number of carboxylic acids is 1. The molecule has 2 aromatic rings. The number of nitrogens with zero attached hydrogens (tertiary/aromatic N) is 2. The van der Waals surface area contributed by atoms with Crippen molar-refractivity contribution in [2.24, 2.45) is 0 Å². The lowest BCUT2D eigenvalue weighted by Gasteiger charge is -2.34. The zero-order chi connectivity index (χ0) is 18.0. The second kappa shape index (κ2) is 7.10. The summed E-state index contributed by atoms with van der Waals surface area (Å²) in [5.74, 6) is -1.15. The molecule has 132 valence electrons. The van der Waals surface area contributed by atoms with Gasteiger partial charge in [-0.1, -0.05) is 0 Å². The second-order valence-corrected chi connectivity index (χ2v) is 6.66. The topological polar surface area (TPSA) is 91.1 Å². The van der Waals surface area contributed by atoms with E-state index in [2.05, 4.69) is 0 Å². The molecule has 2 amide bonds. The highest BCUT2D eigenvalue weighted by Gasteiger charge is 2.29. The van der Waals surface area contributed by atoms with E-state index in [1.54, 1.807) is 22.8 Å². The van der Waals surface area contributed by atoms with Crippen molar-refractivity contribution in [1.82, 2.24) is 9.80 Å². The molecule has 0 bridgehead atoms. The van der Waals surface area contributed by atoms with Crippen LogP contribution in [0.5, 0.6) is 0 Å². The maximum absolute atomic E-state index is 12.8. The first-order chi connectivity index (χ1) is 12.0. The zero-order valence-electron chi connectivity index (χ0n) is 13.7. The van der Waals surface area contributed by atoms with Crippen molar-refractivity contribution in [2.75, 3.05) is 26.2 Å². The quantitative estimate of drug-likeness (QED) is 0.897. The lowest BCUT2D eigenvalue weighted by molar-refractivity contribution is -0.136. The lowest BCUT2D eigenvalue weighted by Crippen LogP contribution is -2.50. The van der Waals surface area contributed by atoms with Gasteiger partial charge in [0.15, 0.2) is 0 Å². The first-order valence-corrected chi connectivity index (χ1v) is 8.81. The Bertz CT molecular complexity index is 788. The summed E-state index contributed by atoms with van der Waals surface area (Å²) in [6.45, 7) is 3.44. The van der Waals surface area contributed by atoms with Gasteiger partial charge in [-0.3, -0.25) is 14.4 Å². The summed E-state index contributed by atoms with van der Waals surface area (Å²) in [6.07, 6.45) is 1.08. The Morgan fingerprint density at radius 3 is 2.36 bits per heavy atom. The molecule has 1 aliphatic heterocycles. The maximum Gasteiger partial charge on any atom is 0.311 e. The Labute approximate surface area is 148 Å². The second-order valence-electron chi connectivity index (χ2n) is 5.88. The molecule has 1 saturated heterocycles. The molecule has 1 fully saturated rings. The SMILES string of the molecule is Cc1coc(CC(=O)O)c1C(=O)N1CCN(C(=O)c2ccsc2)CC1. The van der Waals surface area contributed by atoms with Crippen LogP contribution in [0.15, 0.2) is 27.5 Å². The molecule has 3 heterocycles. The van der Waals surface area contributed by atoms with E-state index in [4.69, 9.17) is 9.52 Å². The molecular weight excluding hydrogens is 344 g/mol. The molecule has 25 heavy (non-hydrogen) atoms. The Morgan fingerprint density at radius 1 is 1.16 bits per heavy atom. The minimum atomic E-state index is -1.05. The van der Waals surface area contributed by atoms with Crippen molar-refractivity contribution < 1.29 is 23.9 Å². The number of carbonyl (C=O) groups excluding carboxylic acids is 2. The fraction of sp³-hybridized carbons (Fsp3) is 0.353. The van der Waals surface area contributed by atoms with Gasteiger partial charge in [-0.2, -0.15) is 11.3 Å². The molecule has 0 saturated carbocycles. The first-order valence-electron chi connectivity index (χ1n) is 7.87. The highest BCUT2D eigenvalue weighted by Crippen LogP contribution is 2.21. The number of hydrogen-bond acceptors (Lipinski definition) is 5. The third-order valence-corrected chi connectivity index (χ3v) is 4.88. The van der Waals surface area contributed by atoms with Crippen LogP contribution in [0, 0.1) is 6.92 Å². The van der Waals surface area contributed by atoms with Crippen LogP contribution in [0.1, 0.15) is 32.0 Å². The van der Waals surface area contributed by atoms with Crippen molar-refractivity contribution in [3.63, 3.8) is 0 Å². The summed E-state index contributed by atoms with van der Waals surface area (Å²) in [7, 11) is 0. The van der Waals surface area contributed by atoms with Crippen LogP contribution >= 0.6 is 11.3 Å². The van der Waals surface area contributed by atoms with Gasteiger partial charge in [-0.05, 0) is 18.4 Å². The van der Waals surface area contributed by atoms with E-state index in [0.29, 0.717) is 42.9 Å². The van der Waals surface area contributed by atoms with Gasteiger partial charge in [0.05, 0.1) is 17.4 Å². The third kappa shape index (κ3) is 3.58. The summed E-state index contributed by atoms with van der Waals surface area (Å²) < 4.78 is 5.23. The standard InChI is InChI=1S/C17H18N2O5S/c1-11-9-24-13(8-14(20)21)15(11)17(23)19-5-3-18(4-6-19)16(22)12-2-7-25-10-12/h2,7,9-10H,3-6,8H2,1H3,(H,20,21). The third-order valence-electron chi connectivity index (χ3n) is 4.20. The van der Waals surface area contributed by atoms with Gasteiger partial charge in [0.25, 0.3) is 11.8 Å². The van der Waals surface area contributed by atoms with Crippen molar-refractivity contribution in [1.29, 1.82) is 0 Å². The number of aliphatic carboxylic acids is 1. The smallest absolute Gasteiger partial charge is 0.311 e. The summed E-state index contributed by atoms with van der Waals surface area (Å²) in [5, 5.41) is 12.6. The van der Waals surface area contributed by atoms with E-state index in [1.807, 2.05) is 10.8 Å². The van der Waals surface area contributed by atoms with E-state index in [1.165, 1.54) is 17.6 Å². The Kier molecular flexibility index (Phi) is 4.89. The Balaban J connectivity index is 1.67. The Morgan fingerprint density at radius 2 is 1.80 bits per heavy atom. The number of amides is 2. The number of thiophene rings is 1. The molecular formula is C17H18N2O5S. The van der Waals surface area contributed by atoms with Gasteiger partial charge < -0.3 is 19.3 Å². The van der Waals surface area contributed by atoms with Gasteiger partial charge >= 0.3 is 5.97 Å². The van der Waals surface area contributed by atoms with E-state index in [0.717, 1.165) is 0 Å². The first kappa shape index (κ1) is 17.2. The molecule has 0 radical (unpaired) electrons. The van der Waals surface area contributed by atoms with Crippen molar-refractivity contribution in [3.05, 3.63) is 45.5 Å². The highest BCUT2D eigenvalue weighted by atomic mass is 32.1. The van der Waals surface area contributed by atoms with Gasteiger partial charge in [-0.15, -0.1) is 0 Å². The molecule has 1 aliphatic rings. The number of piperazine rings is 1. The van der Waals surface area contributed by atoms with Crippen LogP contribution in [0.25, 0.3) is 0 Å². The number of hydrogen-bond donors (Lipinski definition) is 1. The maximum atomic E-state index is 12.8. The molecule has 0 unspecified atom stereocenters. The fourth-order valence-corrected chi connectivity index (χ4v) is 3.52. The average Bonchev–Trinajstić information content (AvgIpc) is 3.24. The predicted octanol–water partition coefficient (Wildman–Crippen LogP) is 1.87. The molecule has 7 nitrogen and oxygen atoms in total. The largest absolute Gasteiger partial charge is 0.481 e. The molecule has 0 aliphatic carbocycles. The van der Waals surface area contributed by atoms with Crippen LogP contribution < -0.4 is 0 Å². The number of carbonyl (C=O) groups is 3. The highest BCUT2D eigenvalue weighted by molar-refractivity contribution is 7.08. The fourth-order valence-electron chi connectivity index (χ4n) is 2.89. The van der Waals surface area contributed by atoms with Crippen molar-refractivity contribution in [2.45, 2.75) is 13.3 Å². The van der Waals surface area contributed by atoms with Gasteiger partial charge in [0, 0.05) is 37.1 Å². The van der Waals surface area contributed by atoms with E-state index >= 15 is 0 Å². The van der Waals surface area contributed by atoms with Crippen LogP contribution in [0.3, 0.4) is 0 Å². The zero-order valence-corrected chi connectivity index (χ0v) is 14.5. The minimum Gasteiger partial charge on any atom is -0.481 e. The van der Waals surface area contributed by atoms with Crippen LogP contribution in [0.4, 0.5) is 0 Å².